The first kappa shape index (κ1) is 14.4. The third kappa shape index (κ3) is 3.19. The van der Waals surface area contributed by atoms with E-state index in [1.165, 1.54) is 38.2 Å². The Bertz CT molecular complexity index is 343. The number of carboxylic acid groups (broad SMARTS) is 2. The smallest absolute Gasteiger partial charge is 0.414 e. The first-order chi connectivity index (χ1) is 8.41. The van der Waals surface area contributed by atoms with Crippen LogP contribution in [0.1, 0.15) is 19.8 Å². The first-order valence-electron chi connectivity index (χ1n) is 5.68. The van der Waals surface area contributed by atoms with E-state index in [1.807, 2.05) is 0 Å². The largest absolute Gasteiger partial charge is 0.473 e. The molecule has 0 aromatic carbocycles. The summed E-state index contributed by atoms with van der Waals surface area (Å²) < 4.78 is 0. The molecular weight excluding hydrogens is 240 g/mol. The number of fused-ring (bicyclic) bond motifs is 2. The summed E-state index contributed by atoms with van der Waals surface area (Å²) in [6.07, 6.45) is 2.61. The number of carbonyl (C=O) groups is 2. The lowest BCUT2D eigenvalue weighted by atomic mass is 9.69. The van der Waals surface area contributed by atoms with E-state index in [0.29, 0.717) is 5.41 Å². The molecule has 18 heavy (non-hydrogen) atoms. The molecule has 3 rings (SSSR count). The third-order valence-corrected chi connectivity index (χ3v) is 3.36. The fraction of sp³-hybridized carbons (Fsp3) is 0.727. The Morgan fingerprint density at radius 1 is 1.28 bits per heavy atom. The Kier molecular flexibility index (Phi) is 4.66. The summed E-state index contributed by atoms with van der Waals surface area (Å²) in [6.45, 7) is 5.77. The Labute approximate surface area is 105 Å². The molecule has 0 aromatic rings. The molecule has 0 amide bonds. The third-order valence-electron chi connectivity index (χ3n) is 3.36. The van der Waals surface area contributed by atoms with Gasteiger partial charge in [-0.15, -0.1) is 0 Å². The van der Waals surface area contributed by atoms with Crippen LogP contribution in [0.5, 0.6) is 0 Å². The lowest BCUT2D eigenvalue weighted by Crippen LogP contribution is -2.63. The van der Waals surface area contributed by atoms with Gasteiger partial charge in [-0.25, -0.2) is 9.59 Å². The van der Waals surface area contributed by atoms with Crippen molar-refractivity contribution in [1.82, 2.24) is 4.90 Å². The standard InChI is InChI=1S/C9H16N2O.C2H2O4/c1-8(10-12-2)9-4-3-5-11(6-9)7-9;3-1(4)2(5)6/h3-7H2,1-2H3;(H,3,4)(H,5,6)/b10-8-;. The highest BCUT2D eigenvalue weighted by molar-refractivity contribution is 6.27. The van der Waals surface area contributed by atoms with Crippen molar-refractivity contribution >= 4 is 17.7 Å². The minimum absolute atomic E-state index is 0.383. The lowest BCUT2D eigenvalue weighted by molar-refractivity contribution is -0.159. The normalized spacial score (nSPS) is 29.4. The monoisotopic (exact) mass is 258 g/mol. The maximum absolute atomic E-state index is 9.10. The van der Waals surface area contributed by atoms with Crippen molar-refractivity contribution < 1.29 is 24.6 Å². The van der Waals surface area contributed by atoms with Gasteiger partial charge in [-0.3, -0.25) is 0 Å². The molecule has 102 valence electrons. The summed E-state index contributed by atoms with van der Waals surface area (Å²) in [5.74, 6) is -3.65. The number of rotatable bonds is 2. The minimum Gasteiger partial charge on any atom is -0.473 e. The molecule has 0 aromatic heterocycles. The Morgan fingerprint density at radius 3 is 2.17 bits per heavy atom. The van der Waals surface area contributed by atoms with Gasteiger partial charge in [-0.05, 0) is 26.3 Å². The predicted octanol–water partition coefficient (Wildman–Crippen LogP) is 0.260. The van der Waals surface area contributed by atoms with E-state index in [2.05, 4.69) is 17.0 Å². The zero-order valence-electron chi connectivity index (χ0n) is 10.5. The van der Waals surface area contributed by atoms with E-state index >= 15 is 0 Å². The molecule has 7 heteroatoms. The van der Waals surface area contributed by atoms with Crippen LogP contribution in [0, 0.1) is 5.41 Å². The van der Waals surface area contributed by atoms with Crippen LogP contribution < -0.4 is 0 Å². The molecule has 3 heterocycles. The Morgan fingerprint density at radius 2 is 1.83 bits per heavy atom. The molecule has 0 atom stereocenters. The molecule has 0 aliphatic carbocycles. The highest BCUT2D eigenvalue weighted by atomic mass is 16.6. The lowest BCUT2D eigenvalue weighted by Gasteiger charge is -2.54. The fourth-order valence-electron chi connectivity index (χ4n) is 2.41. The molecule has 3 saturated heterocycles. The summed E-state index contributed by atoms with van der Waals surface area (Å²) in [6, 6.07) is 0. The van der Waals surface area contributed by atoms with E-state index < -0.39 is 11.9 Å². The van der Waals surface area contributed by atoms with E-state index in [1.54, 1.807) is 7.11 Å². The van der Waals surface area contributed by atoms with E-state index in [0.717, 1.165) is 0 Å². The zero-order valence-corrected chi connectivity index (χ0v) is 10.5. The van der Waals surface area contributed by atoms with Crippen molar-refractivity contribution in [3.63, 3.8) is 0 Å². The number of hydrogen-bond donors (Lipinski definition) is 2. The SMILES string of the molecule is CO/N=C(/C)C12CCCN(C1)C2.O=C(O)C(=O)O. The predicted molar refractivity (Wildman–Crippen MR) is 63.5 cm³/mol. The van der Waals surface area contributed by atoms with Crippen molar-refractivity contribution in [2.45, 2.75) is 19.8 Å². The summed E-state index contributed by atoms with van der Waals surface area (Å²) in [4.78, 5) is 25.5. The second-order valence-corrected chi connectivity index (χ2v) is 4.56. The average Bonchev–Trinajstić information content (AvgIpc) is 2.29. The second kappa shape index (κ2) is 5.81. The van der Waals surface area contributed by atoms with Crippen molar-refractivity contribution in [3.05, 3.63) is 0 Å². The van der Waals surface area contributed by atoms with Gasteiger partial charge in [0, 0.05) is 18.5 Å². The van der Waals surface area contributed by atoms with Crippen LogP contribution in [0.25, 0.3) is 0 Å². The Hall–Kier alpha value is -1.63. The van der Waals surface area contributed by atoms with Crippen LogP contribution in [0.3, 0.4) is 0 Å². The molecule has 7 nitrogen and oxygen atoms in total. The van der Waals surface area contributed by atoms with Gasteiger partial charge in [0.15, 0.2) is 0 Å². The molecule has 2 N–H and O–H groups in total. The number of aliphatic carboxylic acids is 2. The molecular formula is C11H18N2O5. The maximum Gasteiger partial charge on any atom is 0.414 e. The average molecular weight is 258 g/mol. The Balaban J connectivity index is 0.000000232. The van der Waals surface area contributed by atoms with Crippen LogP contribution in [0.15, 0.2) is 5.16 Å². The highest BCUT2D eigenvalue weighted by Gasteiger charge is 2.48. The first-order valence-corrected chi connectivity index (χ1v) is 5.68. The van der Waals surface area contributed by atoms with E-state index in [9.17, 15) is 0 Å². The fourth-order valence-corrected chi connectivity index (χ4v) is 2.41. The summed E-state index contributed by atoms with van der Waals surface area (Å²) in [7, 11) is 1.62. The van der Waals surface area contributed by atoms with Crippen LogP contribution in [0.4, 0.5) is 0 Å². The maximum atomic E-state index is 9.10. The second-order valence-electron chi connectivity index (χ2n) is 4.56. The highest BCUT2D eigenvalue weighted by Crippen LogP contribution is 2.41. The summed E-state index contributed by atoms with van der Waals surface area (Å²) in [5, 5.41) is 18.8. The van der Waals surface area contributed by atoms with Gasteiger partial charge < -0.3 is 20.0 Å². The van der Waals surface area contributed by atoms with Crippen LogP contribution in [-0.2, 0) is 14.4 Å². The number of piperidine rings is 2. The van der Waals surface area contributed by atoms with Crippen molar-refractivity contribution in [3.8, 4) is 0 Å². The van der Waals surface area contributed by atoms with E-state index in [4.69, 9.17) is 24.6 Å². The molecule has 0 spiro atoms. The van der Waals surface area contributed by atoms with Crippen LogP contribution >= 0.6 is 0 Å². The molecule has 0 unspecified atom stereocenters. The topological polar surface area (TPSA) is 99.4 Å². The van der Waals surface area contributed by atoms with Gasteiger partial charge in [0.25, 0.3) is 0 Å². The van der Waals surface area contributed by atoms with Crippen LogP contribution in [-0.4, -0.2) is 59.5 Å². The van der Waals surface area contributed by atoms with Crippen molar-refractivity contribution in [1.29, 1.82) is 0 Å². The van der Waals surface area contributed by atoms with Crippen molar-refractivity contribution in [2.75, 3.05) is 26.7 Å². The van der Waals surface area contributed by atoms with Crippen LogP contribution in [0.2, 0.25) is 0 Å². The molecule has 3 fully saturated rings. The summed E-state index contributed by atoms with van der Waals surface area (Å²) >= 11 is 0. The molecule has 0 radical (unpaired) electrons. The van der Waals surface area contributed by atoms with Gasteiger partial charge >= 0.3 is 11.9 Å². The quantitative estimate of drug-likeness (QED) is 0.419. The van der Waals surface area contributed by atoms with Crippen molar-refractivity contribution in [2.24, 2.45) is 10.6 Å². The number of hydrogen-bond acceptors (Lipinski definition) is 5. The minimum atomic E-state index is -1.82. The molecule has 3 aliphatic heterocycles. The number of carboxylic acids is 2. The van der Waals surface area contributed by atoms with Gasteiger partial charge in [-0.2, -0.15) is 0 Å². The zero-order chi connectivity index (χ0) is 13.8. The molecule has 2 bridgehead atoms. The molecule has 0 saturated carbocycles. The number of nitrogens with zero attached hydrogens (tertiary/aromatic N) is 2. The van der Waals surface area contributed by atoms with Gasteiger partial charge in [0.2, 0.25) is 0 Å². The van der Waals surface area contributed by atoms with E-state index in [-0.39, 0.29) is 0 Å². The van der Waals surface area contributed by atoms with Gasteiger partial charge in [0.05, 0.1) is 5.71 Å². The number of oxime groups is 1. The van der Waals surface area contributed by atoms with Gasteiger partial charge in [0.1, 0.15) is 7.11 Å². The van der Waals surface area contributed by atoms with Gasteiger partial charge in [-0.1, -0.05) is 5.16 Å². The molecule has 3 aliphatic rings. The summed E-state index contributed by atoms with van der Waals surface area (Å²) in [5.41, 5.74) is 1.56.